The van der Waals surface area contributed by atoms with Gasteiger partial charge in [0.1, 0.15) is 5.41 Å². The van der Waals surface area contributed by atoms with Gasteiger partial charge in [0.05, 0.1) is 21.7 Å². The summed E-state index contributed by atoms with van der Waals surface area (Å²) in [7, 11) is 1.93. The number of nitrogens with one attached hydrogen (secondary N) is 2. The molecule has 1 aliphatic heterocycles. The zero-order valence-electron chi connectivity index (χ0n) is 24.1. The molecule has 6 nitrogen and oxygen atoms in total. The van der Waals surface area contributed by atoms with Crippen molar-refractivity contribution in [2.24, 2.45) is 12.5 Å². The van der Waals surface area contributed by atoms with E-state index in [1.54, 1.807) is 6.07 Å². The predicted molar refractivity (Wildman–Crippen MR) is 162 cm³/mol. The number of anilines is 3. The summed E-state index contributed by atoms with van der Waals surface area (Å²) < 4.78 is 41.7. The molecule has 0 atom stereocenters. The van der Waals surface area contributed by atoms with Crippen molar-refractivity contribution in [2.75, 3.05) is 23.3 Å². The van der Waals surface area contributed by atoms with E-state index in [9.17, 15) is 18.0 Å². The van der Waals surface area contributed by atoms with Crippen LogP contribution < -0.4 is 15.5 Å². The Morgan fingerprint density at radius 1 is 1.05 bits per heavy atom. The summed E-state index contributed by atoms with van der Waals surface area (Å²) in [4.78, 5) is 19.3. The Labute approximate surface area is 248 Å². The van der Waals surface area contributed by atoms with Crippen molar-refractivity contribution in [1.82, 2.24) is 14.9 Å². The van der Waals surface area contributed by atoms with Gasteiger partial charge < -0.3 is 20.1 Å². The van der Waals surface area contributed by atoms with Crippen LogP contribution in [0.2, 0.25) is 5.02 Å². The molecule has 2 N–H and O–H groups in total. The van der Waals surface area contributed by atoms with Crippen LogP contribution in [-0.4, -0.2) is 34.7 Å². The Bertz CT molecular complexity index is 1590. The molecule has 1 fully saturated rings. The standard InChI is InChI=1S/C32H35ClF3N5O/c1-20-10-11-21(19-37-29(42)31(2,3)32(34,35)36)16-25(20)38-30-39-26-17-24(33)27(18-28(26)40(30)4)41-14-12-23(13-15-41)22-8-6-5-7-9-22/h5-11,16-18,23H,12-15,19H2,1-4H3,(H,37,42)(H,38,39). The second kappa shape index (κ2) is 11.5. The number of alkyl halides is 3. The number of imidazole rings is 1. The van der Waals surface area contributed by atoms with Crippen LogP contribution in [-0.2, 0) is 18.4 Å². The minimum absolute atomic E-state index is 0.0320. The number of aromatic nitrogens is 2. The summed E-state index contributed by atoms with van der Waals surface area (Å²) in [6.07, 6.45) is -2.53. The first-order chi connectivity index (χ1) is 19.8. The second-order valence-electron chi connectivity index (χ2n) is 11.5. The first-order valence-corrected chi connectivity index (χ1v) is 14.4. The SMILES string of the molecule is Cc1ccc(CNC(=O)C(C)(C)C(F)(F)F)cc1Nc1nc2cc(Cl)c(N3CCC(c4ccccc4)CC3)cc2n1C. The highest BCUT2D eigenvalue weighted by molar-refractivity contribution is 6.34. The summed E-state index contributed by atoms with van der Waals surface area (Å²) in [5, 5.41) is 6.43. The molecule has 42 heavy (non-hydrogen) atoms. The molecule has 10 heteroatoms. The van der Waals surface area contributed by atoms with Gasteiger partial charge >= 0.3 is 6.18 Å². The normalized spacial score (nSPS) is 14.8. The number of rotatable bonds is 7. The highest BCUT2D eigenvalue weighted by Crippen LogP contribution is 2.38. The number of carbonyl (C=O) groups is 1. The van der Waals surface area contributed by atoms with Crippen LogP contribution in [0.1, 0.15) is 49.3 Å². The number of nitrogens with zero attached hydrogens (tertiary/aromatic N) is 3. The molecule has 0 bridgehead atoms. The van der Waals surface area contributed by atoms with Gasteiger partial charge in [-0.2, -0.15) is 13.2 Å². The zero-order chi connectivity index (χ0) is 30.2. The van der Waals surface area contributed by atoms with Crippen LogP contribution in [0.5, 0.6) is 0 Å². The minimum atomic E-state index is -4.64. The van der Waals surface area contributed by atoms with Crippen molar-refractivity contribution in [1.29, 1.82) is 0 Å². The number of aryl methyl sites for hydroxylation is 2. The minimum Gasteiger partial charge on any atom is -0.370 e. The van der Waals surface area contributed by atoms with Crippen molar-refractivity contribution in [3.63, 3.8) is 0 Å². The van der Waals surface area contributed by atoms with Gasteiger partial charge in [-0.3, -0.25) is 4.79 Å². The molecular formula is C32H35ClF3N5O. The molecule has 1 aliphatic rings. The lowest BCUT2D eigenvalue weighted by molar-refractivity contribution is -0.211. The Balaban J connectivity index is 1.31. The number of piperidine rings is 1. The molecule has 1 amide bonds. The van der Waals surface area contributed by atoms with Crippen LogP contribution in [0, 0.1) is 12.3 Å². The number of amides is 1. The van der Waals surface area contributed by atoms with E-state index >= 15 is 0 Å². The Morgan fingerprint density at radius 2 is 1.74 bits per heavy atom. The lowest BCUT2D eigenvalue weighted by Gasteiger charge is -2.34. The zero-order valence-corrected chi connectivity index (χ0v) is 24.9. The fraction of sp³-hybridized carbons (Fsp3) is 0.375. The van der Waals surface area contributed by atoms with Crippen LogP contribution in [0.3, 0.4) is 0 Å². The number of hydrogen-bond donors (Lipinski definition) is 2. The third-order valence-electron chi connectivity index (χ3n) is 8.33. The molecular weight excluding hydrogens is 563 g/mol. The summed E-state index contributed by atoms with van der Waals surface area (Å²) in [6.45, 7) is 5.47. The molecule has 222 valence electrons. The van der Waals surface area contributed by atoms with Gasteiger partial charge in [-0.1, -0.05) is 54.1 Å². The van der Waals surface area contributed by atoms with Gasteiger partial charge in [0.25, 0.3) is 0 Å². The first-order valence-electron chi connectivity index (χ1n) is 14.0. The molecule has 0 radical (unpaired) electrons. The van der Waals surface area contributed by atoms with Gasteiger partial charge in [-0.05, 0) is 74.4 Å². The summed E-state index contributed by atoms with van der Waals surface area (Å²) in [5.74, 6) is 0.0711. The maximum atomic E-state index is 13.2. The number of carbonyl (C=O) groups excluding carboxylic acids is 1. The Kier molecular flexibility index (Phi) is 8.16. The van der Waals surface area contributed by atoms with Gasteiger partial charge in [-0.15, -0.1) is 0 Å². The number of benzene rings is 3. The maximum absolute atomic E-state index is 13.2. The fourth-order valence-corrected chi connectivity index (χ4v) is 5.58. The topological polar surface area (TPSA) is 62.2 Å². The third-order valence-corrected chi connectivity index (χ3v) is 8.64. The third kappa shape index (κ3) is 5.93. The summed E-state index contributed by atoms with van der Waals surface area (Å²) in [5.41, 5.74) is 3.90. The Hall–Kier alpha value is -3.72. The quantitative estimate of drug-likeness (QED) is 0.228. The average Bonchev–Trinajstić information content (AvgIpc) is 3.26. The van der Waals surface area contributed by atoms with Gasteiger partial charge in [0.15, 0.2) is 0 Å². The van der Waals surface area contributed by atoms with E-state index in [1.807, 2.05) is 42.8 Å². The van der Waals surface area contributed by atoms with Gasteiger partial charge in [0, 0.05) is 32.4 Å². The molecule has 2 heterocycles. The lowest BCUT2D eigenvalue weighted by atomic mass is 9.89. The lowest BCUT2D eigenvalue weighted by Crippen LogP contribution is -2.46. The van der Waals surface area contributed by atoms with Crippen LogP contribution in [0.15, 0.2) is 60.7 Å². The molecule has 0 saturated carbocycles. The molecule has 1 saturated heterocycles. The maximum Gasteiger partial charge on any atom is 0.402 e. The number of hydrogen-bond acceptors (Lipinski definition) is 4. The van der Waals surface area contributed by atoms with Crippen LogP contribution >= 0.6 is 11.6 Å². The van der Waals surface area contributed by atoms with Crippen molar-refractivity contribution in [3.05, 3.63) is 82.4 Å². The van der Waals surface area contributed by atoms with Crippen molar-refractivity contribution < 1.29 is 18.0 Å². The van der Waals surface area contributed by atoms with Crippen LogP contribution in [0.4, 0.5) is 30.5 Å². The van der Waals surface area contributed by atoms with Crippen molar-refractivity contribution in [3.8, 4) is 0 Å². The fourth-order valence-electron chi connectivity index (χ4n) is 5.30. The van der Waals surface area contributed by atoms with Gasteiger partial charge in [-0.25, -0.2) is 4.98 Å². The van der Waals surface area contributed by atoms with Gasteiger partial charge in [0.2, 0.25) is 11.9 Å². The molecule has 5 rings (SSSR count). The molecule has 0 unspecified atom stereocenters. The summed E-state index contributed by atoms with van der Waals surface area (Å²) >= 11 is 6.76. The van der Waals surface area contributed by atoms with E-state index in [0.29, 0.717) is 22.5 Å². The van der Waals surface area contributed by atoms with E-state index in [-0.39, 0.29) is 6.54 Å². The molecule has 1 aromatic heterocycles. The van der Waals surface area contributed by atoms with E-state index in [0.717, 1.165) is 67.8 Å². The molecule has 4 aromatic rings. The Morgan fingerprint density at radius 3 is 2.40 bits per heavy atom. The van der Waals surface area contributed by atoms with E-state index < -0.39 is 17.5 Å². The van der Waals surface area contributed by atoms with E-state index in [4.69, 9.17) is 16.6 Å². The number of halogens is 4. The molecule has 0 aliphatic carbocycles. The number of fused-ring (bicyclic) bond motifs is 1. The molecule has 3 aromatic carbocycles. The van der Waals surface area contributed by atoms with E-state index in [1.165, 1.54) is 5.56 Å². The van der Waals surface area contributed by atoms with E-state index in [2.05, 4.69) is 45.9 Å². The first kappa shape index (κ1) is 29.8. The highest BCUT2D eigenvalue weighted by Gasteiger charge is 2.52. The monoisotopic (exact) mass is 597 g/mol. The molecule has 0 spiro atoms. The van der Waals surface area contributed by atoms with Crippen molar-refractivity contribution >= 4 is 45.9 Å². The predicted octanol–water partition coefficient (Wildman–Crippen LogP) is 7.87. The van der Waals surface area contributed by atoms with Crippen LogP contribution in [0.25, 0.3) is 11.0 Å². The average molecular weight is 598 g/mol. The highest BCUT2D eigenvalue weighted by atomic mass is 35.5. The second-order valence-corrected chi connectivity index (χ2v) is 11.9. The smallest absolute Gasteiger partial charge is 0.370 e. The largest absolute Gasteiger partial charge is 0.402 e. The van der Waals surface area contributed by atoms with Crippen molar-refractivity contribution in [2.45, 2.75) is 52.3 Å². The summed E-state index contributed by atoms with van der Waals surface area (Å²) in [6, 6.07) is 20.1.